The summed E-state index contributed by atoms with van der Waals surface area (Å²) in [4.78, 5) is 0. The SMILES string of the molecule is Cc1ccc(NC=Cc2onc(-c3ccccc3)c2C#N)cc1C. The van der Waals surface area contributed by atoms with Crippen LogP contribution in [0.2, 0.25) is 0 Å². The second kappa shape index (κ2) is 6.84. The van der Waals surface area contributed by atoms with Crippen molar-refractivity contribution in [3.8, 4) is 17.3 Å². The second-order valence-corrected chi connectivity index (χ2v) is 5.52. The van der Waals surface area contributed by atoms with Crippen molar-refractivity contribution >= 4 is 11.8 Å². The van der Waals surface area contributed by atoms with Crippen molar-refractivity contribution in [1.29, 1.82) is 5.26 Å². The third kappa shape index (κ3) is 3.21. The van der Waals surface area contributed by atoms with Crippen molar-refractivity contribution in [2.24, 2.45) is 0 Å². The lowest BCUT2D eigenvalue weighted by molar-refractivity contribution is 0.415. The Morgan fingerprint density at radius 1 is 1.08 bits per heavy atom. The maximum atomic E-state index is 9.43. The fourth-order valence-electron chi connectivity index (χ4n) is 2.36. The van der Waals surface area contributed by atoms with Crippen molar-refractivity contribution in [2.75, 3.05) is 5.32 Å². The molecule has 24 heavy (non-hydrogen) atoms. The standard InChI is InChI=1S/C20H17N3O/c1-14-8-9-17(12-15(14)2)22-11-10-19-18(13-21)20(23-24-19)16-6-4-3-5-7-16/h3-12,22H,1-2H3. The lowest BCUT2D eigenvalue weighted by Gasteiger charge is -2.04. The van der Waals surface area contributed by atoms with Crippen LogP contribution in [0.4, 0.5) is 5.69 Å². The minimum atomic E-state index is 0.430. The monoisotopic (exact) mass is 315 g/mol. The molecule has 0 saturated carbocycles. The van der Waals surface area contributed by atoms with Crippen LogP contribution >= 0.6 is 0 Å². The maximum absolute atomic E-state index is 9.43. The topological polar surface area (TPSA) is 61.9 Å². The number of anilines is 1. The van der Waals surface area contributed by atoms with Gasteiger partial charge in [0.2, 0.25) is 0 Å². The summed E-state index contributed by atoms with van der Waals surface area (Å²) in [5.74, 6) is 0.438. The summed E-state index contributed by atoms with van der Waals surface area (Å²) in [5, 5.41) is 16.6. The zero-order chi connectivity index (χ0) is 16.9. The largest absolute Gasteiger partial charge is 0.362 e. The van der Waals surface area contributed by atoms with Gasteiger partial charge in [-0.05, 0) is 37.1 Å². The van der Waals surface area contributed by atoms with Crippen LogP contribution in [0.15, 0.2) is 59.3 Å². The summed E-state index contributed by atoms with van der Waals surface area (Å²) in [6.07, 6.45) is 3.47. The molecule has 0 amide bonds. The first kappa shape index (κ1) is 15.6. The third-order valence-electron chi connectivity index (χ3n) is 3.87. The van der Waals surface area contributed by atoms with Gasteiger partial charge < -0.3 is 9.84 Å². The van der Waals surface area contributed by atoms with Gasteiger partial charge in [0, 0.05) is 23.5 Å². The van der Waals surface area contributed by atoms with Crippen LogP contribution in [-0.4, -0.2) is 5.16 Å². The van der Waals surface area contributed by atoms with E-state index < -0.39 is 0 Å². The molecule has 3 aromatic rings. The number of nitrogens with zero attached hydrogens (tertiary/aromatic N) is 2. The van der Waals surface area contributed by atoms with E-state index in [1.807, 2.05) is 36.4 Å². The van der Waals surface area contributed by atoms with E-state index in [1.54, 1.807) is 12.3 Å². The molecule has 1 N–H and O–H groups in total. The third-order valence-corrected chi connectivity index (χ3v) is 3.87. The number of rotatable bonds is 4. The lowest BCUT2D eigenvalue weighted by atomic mass is 10.1. The predicted octanol–water partition coefficient (Wildman–Crippen LogP) is 4.91. The molecular formula is C20H17N3O. The molecule has 0 radical (unpaired) electrons. The molecule has 2 aromatic carbocycles. The highest BCUT2D eigenvalue weighted by atomic mass is 16.5. The molecule has 3 rings (SSSR count). The zero-order valence-corrected chi connectivity index (χ0v) is 13.6. The summed E-state index contributed by atoms with van der Waals surface area (Å²) in [5.41, 5.74) is 5.30. The summed E-state index contributed by atoms with van der Waals surface area (Å²) in [7, 11) is 0. The molecule has 0 saturated heterocycles. The van der Waals surface area contributed by atoms with Crippen LogP contribution in [0.3, 0.4) is 0 Å². The molecule has 0 atom stereocenters. The van der Waals surface area contributed by atoms with Gasteiger partial charge in [0.25, 0.3) is 0 Å². The fourth-order valence-corrected chi connectivity index (χ4v) is 2.36. The Hall–Kier alpha value is -3.32. The van der Waals surface area contributed by atoms with Gasteiger partial charge in [-0.1, -0.05) is 41.6 Å². The van der Waals surface area contributed by atoms with E-state index in [2.05, 4.69) is 42.5 Å². The van der Waals surface area contributed by atoms with Gasteiger partial charge in [-0.25, -0.2) is 0 Å². The van der Waals surface area contributed by atoms with E-state index in [0.29, 0.717) is 17.0 Å². The van der Waals surface area contributed by atoms with E-state index in [-0.39, 0.29) is 0 Å². The van der Waals surface area contributed by atoms with Gasteiger partial charge in [0.15, 0.2) is 5.76 Å². The van der Waals surface area contributed by atoms with Crippen molar-refractivity contribution in [1.82, 2.24) is 5.16 Å². The van der Waals surface area contributed by atoms with Gasteiger partial charge in [-0.3, -0.25) is 0 Å². The molecule has 118 valence electrons. The quantitative estimate of drug-likeness (QED) is 0.743. The molecule has 0 unspecified atom stereocenters. The van der Waals surface area contributed by atoms with Crippen LogP contribution in [0.1, 0.15) is 22.5 Å². The van der Waals surface area contributed by atoms with Crippen LogP contribution in [-0.2, 0) is 0 Å². The van der Waals surface area contributed by atoms with Gasteiger partial charge in [0.1, 0.15) is 17.3 Å². The Morgan fingerprint density at radius 3 is 2.58 bits per heavy atom. The molecule has 0 fully saturated rings. The highest BCUT2D eigenvalue weighted by molar-refractivity contribution is 5.71. The van der Waals surface area contributed by atoms with Crippen molar-refractivity contribution < 1.29 is 4.52 Å². The van der Waals surface area contributed by atoms with Gasteiger partial charge >= 0.3 is 0 Å². The fraction of sp³-hybridized carbons (Fsp3) is 0.100. The number of benzene rings is 2. The van der Waals surface area contributed by atoms with Crippen molar-refractivity contribution in [3.05, 3.63) is 77.2 Å². The van der Waals surface area contributed by atoms with Crippen LogP contribution in [0, 0.1) is 25.2 Å². The van der Waals surface area contributed by atoms with E-state index in [9.17, 15) is 5.26 Å². The Bertz CT molecular complexity index is 918. The first-order valence-corrected chi connectivity index (χ1v) is 7.64. The van der Waals surface area contributed by atoms with Crippen LogP contribution < -0.4 is 5.32 Å². The average Bonchev–Trinajstić information content (AvgIpc) is 3.02. The van der Waals surface area contributed by atoms with Gasteiger partial charge in [-0.2, -0.15) is 5.26 Å². The lowest BCUT2D eigenvalue weighted by Crippen LogP contribution is -1.89. The second-order valence-electron chi connectivity index (χ2n) is 5.52. The van der Waals surface area contributed by atoms with Crippen LogP contribution in [0.25, 0.3) is 17.3 Å². The first-order valence-electron chi connectivity index (χ1n) is 7.64. The smallest absolute Gasteiger partial charge is 0.179 e. The van der Waals surface area contributed by atoms with Crippen LogP contribution in [0.5, 0.6) is 0 Å². The molecule has 4 nitrogen and oxygen atoms in total. The van der Waals surface area contributed by atoms with E-state index >= 15 is 0 Å². The molecule has 0 aliphatic heterocycles. The molecule has 4 heteroatoms. The normalized spacial score (nSPS) is 10.7. The molecular weight excluding hydrogens is 298 g/mol. The van der Waals surface area contributed by atoms with E-state index in [4.69, 9.17) is 4.52 Å². The molecule has 1 heterocycles. The Kier molecular flexibility index (Phi) is 4.44. The summed E-state index contributed by atoms with van der Waals surface area (Å²) in [6, 6.07) is 17.8. The van der Waals surface area contributed by atoms with E-state index in [0.717, 1.165) is 11.3 Å². The van der Waals surface area contributed by atoms with Gasteiger partial charge in [-0.15, -0.1) is 0 Å². The number of hydrogen-bond acceptors (Lipinski definition) is 4. The summed E-state index contributed by atoms with van der Waals surface area (Å²) >= 11 is 0. The number of nitriles is 1. The molecule has 0 aliphatic carbocycles. The summed E-state index contributed by atoms with van der Waals surface area (Å²) < 4.78 is 5.32. The number of aryl methyl sites for hydroxylation is 2. The average molecular weight is 315 g/mol. The molecule has 0 spiro atoms. The first-order chi connectivity index (χ1) is 11.7. The van der Waals surface area contributed by atoms with E-state index in [1.165, 1.54) is 11.1 Å². The minimum absolute atomic E-state index is 0.430. The van der Waals surface area contributed by atoms with Gasteiger partial charge in [0.05, 0.1) is 0 Å². The van der Waals surface area contributed by atoms with Crippen molar-refractivity contribution in [2.45, 2.75) is 13.8 Å². The number of aromatic nitrogens is 1. The predicted molar refractivity (Wildman–Crippen MR) is 95.2 cm³/mol. The molecule has 0 bridgehead atoms. The highest BCUT2D eigenvalue weighted by Crippen LogP contribution is 2.25. The Morgan fingerprint density at radius 2 is 1.88 bits per heavy atom. The molecule has 0 aliphatic rings. The number of hydrogen-bond donors (Lipinski definition) is 1. The summed E-state index contributed by atoms with van der Waals surface area (Å²) in [6.45, 7) is 4.15. The Balaban J connectivity index is 1.82. The zero-order valence-electron chi connectivity index (χ0n) is 13.6. The Labute approximate surface area is 141 Å². The van der Waals surface area contributed by atoms with Crippen molar-refractivity contribution in [3.63, 3.8) is 0 Å². The maximum Gasteiger partial charge on any atom is 0.179 e. The minimum Gasteiger partial charge on any atom is -0.362 e. The molecule has 1 aromatic heterocycles. The highest BCUT2D eigenvalue weighted by Gasteiger charge is 2.15. The number of nitrogens with one attached hydrogen (secondary N) is 1.